The average molecular weight is 303 g/mol. The molecule has 1 aromatic rings. The zero-order valence-corrected chi connectivity index (χ0v) is 13.2. The first kappa shape index (κ1) is 16.5. The Bertz CT molecular complexity index is 513. The van der Waals surface area contributed by atoms with Crippen molar-refractivity contribution in [3.8, 4) is 0 Å². The fourth-order valence-corrected chi connectivity index (χ4v) is 2.73. The summed E-state index contributed by atoms with van der Waals surface area (Å²) in [6, 6.07) is 7.38. The van der Waals surface area contributed by atoms with E-state index >= 15 is 0 Å². The molecule has 1 aromatic carbocycles. The van der Waals surface area contributed by atoms with Gasteiger partial charge in [-0.15, -0.1) is 0 Å². The van der Waals surface area contributed by atoms with Crippen LogP contribution in [-0.2, 0) is 11.3 Å². The van der Waals surface area contributed by atoms with Crippen molar-refractivity contribution in [1.29, 1.82) is 0 Å². The second kappa shape index (κ2) is 7.94. The van der Waals surface area contributed by atoms with E-state index in [1.807, 2.05) is 31.2 Å². The van der Waals surface area contributed by atoms with Crippen LogP contribution in [0.5, 0.6) is 0 Å². The van der Waals surface area contributed by atoms with Gasteiger partial charge in [0.25, 0.3) is 5.91 Å². The van der Waals surface area contributed by atoms with Crippen LogP contribution in [0, 0.1) is 5.92 Å². The summed E-state index contributed by atoms with van der Waals surface area (Å²) < 4.78 is 0. The number of nitrogens with two attached hydrogens (primary N) is 1. The minimum Gasteiger partial charge on any atom is -0.356 e. The summed E-state index contributed by atoms with van der Waals surface area (Å²) in [5, 5.41) is 2.93. The van der Waals surface area contributed by atoms with Crippen LogP contribution in [0.25, 0.3) is 0 Å². The van der Waals surface area contributed by atoms with Crippen LogP contribution in [0.1, 0.15) is 42.1 Å². The van der Waals surface area contributed by atoms with Crippen molar-refractivity contribution < 1.29 is 9.59 Å². The number of carbonyl (C=O) groups excluding carboxylic acids is 2. The molecule has 2 amide bonds. The van der Waals surface area contributed by atoms with Crippen molar-refractivity contribution in [2.24, 2.45) is 11.7 Å². The lowest BCUT2D eigenvalue weighted by Crippen LogP contribution is -2.45. The summed E-state index contributed by atoms with van der Waals surface area (Å²) in [4.78, 5) is 26.4. The van der Waals surface area contributed by atoms with E-state index in [0.29, 0.717) is 25.2 Å². The zero-order valence-electron chi connectivity index (χ0n) is 13.2. The predicted molar refractivity (Wildman–Crippen MR) is 86.3 cm³/mol. The summed E-state index contributed by atoms with van der Waals surface area (Å²) >= 11 is 0. The fourth-order valence-electron chi connectivity index (χ4n) is 2.73. The first-order chi connectivity index (χ1) is 10.7. The second-order valence-electron chi connectivity index (χ2n) is 5.78. The standard InChI is InChI=1S/C17H25N3O2/c1-2-9-19-16(21)15-4-3-10-20(12-15)17(22)14-7-5-13(11-18)6-8-14/h5-8,15H,2-4,9-12,18H2,1H3,(H,19,21). The molecule has 0 spiro atoms. The Hall–Kier alpha value is -1.88. The van der Waals surface area contributed by atoms with Crippen LogP contribution in [0.3, 0.4) is 0 Å². The highest BCUT2D eigenvalue weighted by Gasteiger charge is 2.28. The van der Waals surface area contributed by atoms with E-state index in [1.165, 1.54) is 0 Å². The van der Waals surface area contributed by atoms with Gasteiger partial charge in [-0.25, -0.2) is 0 Å². The summed E-state index contributed by atoms with van der Waals surface area (Å²) in [5.41, 5.74) is 7.24. The number of likely N-dealkylation sites (tertiary alicyclic amines) is 1. The molecule has 120 valence electrons. The number of carbonyl (C=O) groups is 2. The first-order valence-electron chi connectivity index (χ1n) is 8.01. The predicted octanol–water partition coefficient (Wildman–Crippen LogP) is 1.52. The van der Waals surface area contributed by atoms with Crippen molar-refractivity contribution in [1.82, 2.24) is 10.2 Å². The van der Waals surface area contributed by atoms with Gasteiger partial charge in [-0.05, 0) is 37.0 Å². The maximum absolute atomic E-state index is 12.5. The van der Waals surface area contributed by atoms with Crippen molar-refractivity contribution >= 4 is 11.8 Å². The van der Waals surface area contributed by atoms with Gasteiger partial charge in [0, 0.05) is 31.7 Å². The molecule has 3 N–H and O–H groups in total. The van der Waals surface area contributed by atoms with E-state index in [0.717, 1.165) is 31.4 Å². The van der Waals surface area contributed by atoms with E-state index in [-0.39, 0.29) is 17.7 Å². The normalized spacial score (nSPS) is 18.1. The SMILES string of the molecule is CCCNC(=O)C1CCCN(C(=O)c2ccc(CN)cc2)C1. The zero-order chi connectivity index (χ0) is 15.9. The van der Waals surface area contributed by atoms with Gasteiger partial charge in [-0.2, -0.15) is 0 Å². The van der Waals surface area contributed by atoms with E-state index in [1.54, 1.807) is 4.90 Å². The van der Waals surface area contributed by atoms with Gasteiger partial charge in [-0.1, -0.05) is 19.1 Å². The third-order valence-corrected chi connectivity index (χ3v) is 4.07. The molecule has 5 heteroatoms. The molecule has 1 unspecified atom stereocenters. The average Bonchev–Trinajstić information content (AvgIpc) is 2.59. The smallest absolute Gasteiger partial charge is 0.253 e. The quantitative estimate of drug-likeness (QED) is 0.866. The number of rotatable bonds is 5. The highest BCUT2D eigenvalue weighted by Crippen LogP contribution is 2.19. The van der Waals surface area contributed by atoms with Gasteiger partial charge in [0.15, 0.2) is 0 Å². The lowest BCUT2D eigenvalue weighted by atomic mass is 9.96. The Morgan fingerprint density at radius 2 is 2.05 bits per heavy atom. The van der Waals surface area contributed by atoms with Crippen molar-refractivity contribution in [2.45, 2.75) is 32.7 Å². The molecule has 1 aliphatic rings. The Balaban J connectivity index is 1.98. The molecule has 1 saturated heterocycles. The summed E-state index contributed by atoms with van der Waals surface area (Å²) in [7, 11) is 0. The highest BCUT2D eigenvalue weighted by atomic mass is 16.2. The minimum atomic E-state index is -0.0902. The molecule has 0 aliphatic carbocycles. The van der Waals surface area contributed by atoms with Crippen LogP contribution in [0.4, 0.5) is 0 Å². The first-order valence-corrected chi connectivity index (χ1v) is 8.01. The topological polar surface area (TPSA) is 75.4 Å². The molecule has 2 rings (SSSR count). The lowest BCUT2D eigenvalue weighted by molar-refractivity contribution is -0.126. The highest BCUT2D eigenvalue weighted by molar-refractivity contribution is 5.94. The van der Waals surface area contributed by atoms with Crippen molar-refractivity contribution in [2.75, 3.05) is 19.6 Å². The van der Waals surface area contributed by atoms with Gasteiger partial charge < -0.3 is 16.0 Å². The van der Waals surface area contributed by atoms with Crippen molar-refractivity contribution in [3.05, 3.63) is 35.4 Å². The molecule has 0 bridgehead atoms. The Morgan fingerprint density at radius 3 is 2.68 bits per heavy atom. The van der Waals surface area contributed by atoms with Gasteiger partial charge in [0.1, 0.15) is 0 Å². The summed E-state index contributed by atoms with van der Waals surface area (Å²) in [6.07, 6.45) is 2.65. The second-order valence-corrected chi connectivity index (χ2v) is 5.78. The van der Waals surface area contributed by atoms with E-state index in [2.05, 4.69) is 5.32 Å². The van der Waals surface area contributed by atoms with Gasteiger partial charge >= 0.3 is 0 Å². The number of hydrogen-bond donors (Lipinski definition) is 2. The maximum Gasteiger partial charge on any atom is 0.253 e. The minimum absolute atomic E-state index is 0.00318. The number of piperidine rings is 1. The van der Waals surface area contributed by atoms with Gasteiger partial charge in [0.05, 0.1) is 5.92 Å². The van der Waals surface area contributed by atoms with Gasteiger partial charge in [-0.3, -0.25) is 9.59 Å². The van der Waals surface area contributed by atoms with Crippen LogP contribution in [0.15, 0.2) is 24.3 Å². The van der Waals surface area contributed by atoms with Crippen LogP contribution in [0.2, 0.25) is 0 Å². The Kier molecular flexibility index (Phi) is 5.95. The van der Waals surface area contributed by atoms with Crippen LogP contribution < -0.4 is 11.1 Å². The van der Waals surface area contributed by atoms with E-state index in [9.17, 15) is 9.59 Å². The largest absolute Gasteiger partial charge is 0.356 e. The monoisotopic (exact) mass is 303 g/mol. The Labute approximate surface area is 131 Å². The van der Waals surface area contributed by atoms with Crippen molar-refractivity contribution in [3.63, 3.8) is 0 Å². The molecule has 1 fully saturated rings. The summed E-state index contributed by atoms with van der Waals surface area (Å²) in [6.45, 7) is 4.42. The molecule has 22 heavy (non-hydrogen) atoms. The lowest BCUT2D eigenvalue weighted by Gasteiger charge is -2.32. The third-order valence-electron chi connectivity index (χ3n) is 4.07. The Morgan fingerprint density at radius 1 is 1.32 bits per heavy atom. The number of nitrogens with zero attached hydrogens (tertiary/aromatic N) is 1. The van der Waals surface area contributed by atoms with Crippen LogP contribution in [-0.4, -0.2) is 36.3 Å². The molecule has 0 aromatic heterocycles. The maximum atomic E-state index is 12.5. The van der Waals surface area contributed by atoms with Gasteiger partial charge in [0.2, 0.25) is 5.91 Å². The molecular formula is C17H25N3O2. The molecule has 0 radical (unpaired) electrons. The summed E-state index contributed by atoms with van der Waals surface area (Å²) in [5.74, 6) is -0.0260. The van der Waals surface area contributed by atoms with Crippen LogP contribution >= 0.6 is 0 Å². The molecule has 0 saturated carbocycles. The molecule has 1 atom stereocenters. The molecule has 1 heterocycles. The number of benzene rings is 1. The number of amides is 2. The molecule has 5 nitrogen and oxygen atoms in total. The molecule has 1 aliphatic heterocycles. The third kappa shape index (κ3) is 4.07. The molecular weight excluding hydrogens is 278 g/mol. The number of hydrogen-bond acceptors (Lipinski definition) is 3. The van der Waals surface area contributed by atoms with E-state index < -0.39 is 0 Å². The fraction of sp³-hybridized carbons (Fsp3) is 0.529. The number of nitrogens with one attached hydrogen (secondary N) is 1. The van der Waals surface area contributed by atoms with E-state index in [4.69, 9.17) is 5.73 Å².